The van der Waals surface area contributed by atoms with E-state index in [4.69, 9.17) is 10.5 Å². The molecule has 106 valence electrons. The van der Waals surface area contributed by atoms with Crippen molar-refractivity contribution in [2.75, 3.05) is 7.11 Å². The van der Waals surface area contributed by atoms with Crippen molar-refractivity contribution < 1.29 is 24.2 Å². The predicted molar refractivity (Wildman–Crippen MR) is 68.1 cm³/mol. The molecule has 1 aliphatic rings. The van der Waals surface area contributed by atoms with Gasteiger partial charge in [0.1, 0.15) is 11.8 Å². The molecule has 0 saturated carbocycles. The first-order chi connectivity index (χ1) is 9.45. The van der Waals surface area contributed by atoms with Crippen LogP contribution in [0.25, 0.3) is 0 Å². The first-order valence-corrected chi connectivity index (χ1v) is 5.93. The van der Waals surface area contributed by atoms with Crippen LogP contribution in [0.3, 0.4) is 0 Å². The van der Waals surface area contributed by atoms with Crippen molar-refractivity contribution in [2.24, 2.45) is 5.73 Å². The first-order valence-electron chi connectivity index (χ1n) is 5.93. The number of primary amides is 1. The molecule has 0 unspecified atom stereocenters. The molecule has 7 nitrogen and oxygen atoms in total. The minimum atomic E-state index is -1.27. The predicted octanol–water partition coefficient (Wildman–Crippen LogP) is -0.0204. The van der Waals surface area contributed by atoms with Gasteiger partial charge in [-0.2, -0.15) is 0 Å². The number of methoxy groups -OCH3 is 1. The average Bonchev–Trinajstić information content (AvgIpc) is 2.73. The van der Waals surface area contributed by atoms with E-state index < -0.39 is 30.2 Å². The third-order valence-corrected chi connectivity index (χ3v) is 3.23. The lowest BCUT2D eigenvalue weighted by Gasteiger charge is -2.23. The van der Waals surface area contributed by atoms with Gasteiger partial charge in [0.05, 0.1) is 20.1 Å². The summed E-state index contributed by atoms with van der Waals surface area (Å²) in [6.07, 6.45) is -0.419. The molecule has 0 aliphatic carbocycles. The molecule has 1 aromatic rings. The Morgan fingerprint density at radius 2 is 2.20 bits per heavy atom. The van der Waals surface area contributed by atoms with Crippen LogP contribution in [0.15, 0.2) is 18.2 Å². The van der Waals surface area contributed by atoms with E-state index >= 15 is 0 Å². The maximum Gasteiger partial charge on any atom is 0.326 e. The molecule has 0 aromatic heterocycles. The lowest BCUT2D eigenvalue weighted by atomic mass is 10.1. The van der Waals surface area contributed by atoms with Crippen molar-refractivity contribution in [2.45, 2.75) is 19.0 Å². The SMILES string of the molecule is COc1cccc2c1CN([C@@H](CC(N)=O)C(=O)O)C2=O. The van der Waals surface area contributed by atoms with Gasteiger partial charge in [0, 0.05) is 11.1 Å². The van der Waals surface area contributed by atoms with Crippen LogP contribution in [-0.4, -0.2) is 40.9 Å². The number of hydrogen-bond acceptors (Lipinski definition) is 4. The van der Waals surface area contributed by atoms with Crippen LogP contribution in [0.1, 0.15) is 22.3 Å². The van der Waals surface area contributed by atoms with Crippen LogP contribution >= 0.6 is 0 Å². The Balaban J connectivity index is 2.35. The topological polar surface area (TPSA) is 110 Å². The number of nitrogens with zero attached hydrogens (tertiary/aromatic N) is 1. The summed E-state index contributed by atoms with van der Waals surface area (Å²) in [6.45, 7) is 0.0857. The second kappa shape index (κ2) is 5.20. The lowest BCUT2D eigenvalue weighted by molar-refractivity contribution is -0.144. The van der Waals surface area contributed by atoms with Gasteiger partial charge in [-0.1, -0.05) is 6.07 Å². The second-order valence-electron chi connectivity index (χ2n) is 4.44. The number of carbonyl (C=O) groups is 3. The smallest absolute Gasteiger partial charge is 0.326 e. The number of nitrogens with two attached hydrogens (primary N) is 1. The number of benzene rings is 1. The third kappa shape index (κ3) is 2.29. The van der Waals surface area contributed by atoms with Crippen LogP contribution in [0.4, 0.5) is 0 Å². The number of amides is 2. The summed E-state index contributed by atoms with van der Waals surface area (Å²) in [6, 6.07) is 3.68. The first kappa shape index (κ1) is 13.9. The number of aliphatic carboxylic acids is 1. The van der Waals surface area contributed by atoms with E-state index in [0.29, 0.717) is 16.9 Å². The Labute approximate surface area is 114 Å². The van der Waals surface area contributed by atoms with Gasteiger partial charge in [0.2, 0.25) is 5.91 Å². The van der Waals surface area contributed by atoms with Crippen molar-refractivity contribution in [3.05, 3.63) is 29.3 Å². The van der Waals surface area contributed by atoms with E-state index in [1.165, 1.54) is 7.11 Å². The lowest BCUT2D eigenvalue weighted by Crippen LogP contribution is -2.43. The number of fused-ring (bicyclic) bond motifs is 1. The molecule has 3 N–H and O–H groups in total. The summed E-state index contributed by atoms with van der Waals surface area (Å²) in [5, 5.41) is 9.17. The summed E-state index contributed by atoms with van der Waals surface area (Å²) in [5.41, 5.74) is 6.05. The normalized spacial score (nSPS) is 14.8. The molecule has 2 rings (SSSR count). The molecule has 0 saturated heterocycles. The Bertz CT molecular complexity index is 584. The summed E-state index contributed by atoms with van der Waals surface area (Å²) in [7, 11) is 1.47. The largest absolute Gasteiger partial charge is 0.496 e. The highest BCUT2D eigenvalue weighted by atomic mass is 16.5. The van der Waals surface area contributed by atoms with E-state index in [2.05, 4.69) is 0 Å². The maximum absolute atomic E-state index is 12.2. The van der Waals surface area contributed by atoms with E-state index in [0.717, 1.165) is 4.90 Å². The second-order valence-corrected chi connectivity index (χ2v) is 4.44. The zero-order valence-electron chi connectivity index (χ0n) is 10.8. The quantitative estimate of drug-likeness (QED) is 0.786. The van der Waals surface area contributed by atoms with E-state index in [1.807, 2.05) is 0 Å². The van der Waals surface area contributed by atoms with Gasteiger partial charge < -0.3 is 20.5 Å². The highest BCUT2D eigenvalue weighted by Crippen LogP contribution is 2.32. The van der Waals surface area contributed by atoms with Crippen molar-refractivity contribution in [3.63, 3.8) is 0 Å². The molecule has 2 amide bonds. The number of carboxylic acids is 1. The summed E-state index contributed by atoms with van der Waals surface area (Å²) >= 11 is 0. The van der Waals surface area contributed by atoms with Crippen molar-refractivity contribution in [1.82, 2.24) is 4.90 Å². The summed E-state index contributed by atoms with van der Waals surface area (Å²) in [5.74, 6) is -1.95. The molecule has 1 heterocycles. The summed E-state index contributed by atoms with van der Waals surface area (Å²) < 4.78 is 5.16. The van der Waals surface area contributed by atoms with Gasteiger partial charge in [-0.3, -0.25) is 9.59 Å². The molecular formula is C13H14N2O5. The van der Waals surface area contributed by atoms with Crippen LogP contribution in [0.5, 0.6) is 5.75 Å². The average molecular weight is 278 g/mol. The van der Waals surface area contributed by atoms with Crippen LogP contribution in [0.2, 0.25) is 0 Å². The summed E-state index contributed by atoms with van der Waals surface area (Å²) in [4.78, 5) is 35.6. The monoisotopic (exact) mass is 278 g/mol. The molecule has 1 atom stereocenters. The third-order valence-electron chi connectivity index (χ3n) is 3.23. The van der Waals surface area contributed by atoms with Crippen LogP contribution in [-0.2, 0) is 16.1 Å². The van der Waals surface area contributed by atoms with Crippen LogP contribution in [0, 0.1) is 0 Å². The molecule has 1 aromatic carbocycles. The molecule has 1 aliphatic heterocycles. The highest BCUT2D eigenvalue weighted by Gasteiger charge is 2.38. The fraction of sp³-hybridized carbons (Fsp3) is 0.308. The fourth-order valence-electron chi connectivity index (χ4n) is 2.29. The van der Waals surface area contributed by atoms with Gasteiger partial charge in [-0.05, 0) is 12.1 Å². The van der Waals surface area contributed by atoms with Crippen molar-refractivity contribution in [3.8, 4) is 5.75 Å². The zero-order valence-corrected chi connectivity index (χ0v) is 10.8. The Hall–Kier alpha value is -2.57. The van der Waals surface area contributed by atoms with Gasteiger partial charge in [0.25, 0.3) is 5.91 Å². The standard InChI is InChI=1S/C13H14N2O5/c1-20-10-4-2-3-7-8(10)6-15(12(7)17)9(13(18)19)5-11(14)16/h2-4,9H,5-6H2,1H3,(H2,14,16)(H,18,19)/t9-/m0/s1. The van der Waals surface area contributed by atoms with Crippen LogP contribution < -0.4 is 10.5 Å². The molecule has 7 heteroatoms. The molecule has 0 fully saturated rings. The minimum Gasteiger partial charge on any atom is -0.496 e. The van der Waals surface area contributed by atoms with Crippen molar-refractivity contribution in [1.29, 1.82) is 0 Å². The molecular weight excluding hydrogens is 264 g/mol. The minimum absolute atomic E-state index is 0.0857. The number of rotatable bonds is 5. The number of ether oxygens (including phenoxy) is 1. The van der Waals surface area contributed by atoms with Gasteiger partial charge >= 0.3 is 5.97 Å². The van der Waals surface area contributed by atoms with E-state index in [1.54, 1.807) is 18.2 Å². The van der Waals surface area contributed by atoms with Crippen molar-refractivity contribution >= 4 is 17.8 Å². The molecule has 0 bridgehead atoms. The Kier molecular flexibility index (Phi) is 3.60. The fourth-order valence-corrected chi connectivity index (χ4v) is 2.29. The van der Waals surface area contributed by atoms with E-state index in [-0.39, 0.29) is 6.54 Å². The number of carboxylic acid groups (broad SMARTS) is 1. The number of hydrogen-bond donors (Lipinski definition) is 2. The highest BCUT2D eigenvalue weighted by molar-refractivity contribution is 6.01. The molecule has 20 heavy (non-hydrogen) atoms. The van der Waals surface area contributed by atoms with Gasteiger partial charge in [0.15, 0.2) is 0 Å². The number of carbonyl (C=O) groups excluding carboxylic acids is 2. The molecule has 0 radical (unpaired) electrons. The van der Waals surface area contributed by atoms with Gasteiger partial charge in [-0.25, -0.2) is 4.79 Å². The zero-order chi connectivity index (χ0) is 14.9. The van der Waals surface area contributed by atoms with Gasteiger partial charge in [-0.15, -0.1) is 0 Å². The Morgan fingerprint density at radius 3 is 2.75 bits per heavy atom. The molecule has 0 spiro atoms. The Morgan fingerprint density at radius 1 is 1.50 bits per heavy atom. The van der Waals surface area contributed by atoms with E-state index in [9.17, 15) is 19.5 Å². The maximum atomic E-state index is 12.2.